The summed E-state index contributed by atoms with van der Waals surface area (Å²) in [5, 5.41) is 4.10. The number of nitrogens with one attached hydrogen (secondary N) is 2. The maximum absolute atomic E-state index is 12.5. The molecule has 128 valence electrons. The van der Waals surface area contributed by atoms with Crippen LogP contribution in [0.25, 0.3) is 22.0 Å². The van der Waals surface area contributed by atoms with Crippen molar-refractivity contribution in [3.63, 3.8) is 0 Å². The van der Waals surface area contributed by atoms with Crippen LogP contribution in [0.3, 0.4) is 0 Å². The highest BCUT2D eigenvalue weighted by Crippen LogP contribution is 2.22. The Morgan fingerprint density at radius 3 is 2.23 bits per heavy atom. The molecule has 1 unspecified atom stereocenters. The largest absolute Gasteiger partial charge is 0.351 e. The van der Waals surface area contributed by atoms with Crippen LogP contribution in [0.2, 0.25) is 0 Å². The van der Waals surface area contributed by atoms with Gasteiger partial charge in [-0.1, -0.05) is 72.8 Å². The van der Waals surface area contributed by atoms with E-state index in [-0.39, 0.29) is 11.9 Å². The number of carbonyl (C=O) groups excluding carboxylic acids is 1. The van der Waals surface area contributed by atoms with Gasteiger partial charge in [-0.3, -0.25) is 4.79 Å². The smallest absolute Gasteiger partial charge is 0.268 e. The van der Waals surface area contributed by atoms with Crippen molar-refractivity contribution in [2.45, 2.75) is 13.0 Å². The van der Waals surface area contributed by atoms with E-state index in [0.29, 0.717) is 5.69 Å². The van der Waals surface area contributed by atoms with Crippen LogP contribution in [0, 0.1) is 0 Å². The third kappa shape index (κ3) is 3.24. The Morgan fingerprint density at radius 1 is 0.846 bits per heavy atom. The zero-order valence-electron chi connectivity index (χ0n) is 14.6. The monoisotopic (exact) mass is 340 g/mol. The van der Waals surface area contributed by atoms with Gasteiger partial charge in [-0.25, -0.2) is 0 Å². The average Bonchev–Trinajstić information content (AvgIpc) is 3.13. The number of fused-ring (bicyclic) bond motifs is 1. The van der Waals surface area contributed by atoms with Gasteiger partial charge < -0.3 is 10.3 Å². The third-order valence-corrected chi connectivity index (χ3v) is 4.64. The van der Waals surface area contributed by atoms with Crippen LogP contribution in [0.5, 0.6) is 0 Å². The fourth-order valence-electron chi connectivity index (χ4n) is 3.15. The highest BCUT2D eigenvalue weighted by atomic mass is 16.1. The standard InChI is InChI=1S/C23H20N2O/c1-16(17-11-13-19(14-12-17)18-7-3-2-4-8-18)24-23(26)22-15-20-9-5-6-10-21(20)25-22/h2-16,25H,1H3,(H,24,26). The minimum atomic E-state index is -0.0964. The lowest BCUT2D eigenvalue weighted by Crippen LogP contribution is -2.26. The molecule has 0 saturated carbocycles. The number of aromatic amines is 1. The van der Waals surface area contributed by atoms with Gasteiger partial charge in [0.25, 0.3) is 5.91 Å². The van der Waals surface area contributed by atoms with Gasteiger partial charge in [0, 0.05) is 10.9 Å². The van der Waals surface area contributed by atoms with E-state index in [2.05, 4.69) is 46.7 Å². The Kier molecular flexibility index (Phi) is 4.28. The minimum Gasteiger partial charge on any atom is -0.351 e. The van der Waals surface area contributed by atoms with E-state index in [0.717, 1.165) is 16.5 Å². The molecule has 0 saturated heterocycles. The van der Waals surface area contributed by atoms with E-state index in [9.17, 15) is 4.79 Å². The van der Waals surface area contributed by atoms with Gasteiger partial charge in [0.2, 0.25) is 0 Å². The molecule has 1 atom stereocenters. The first-order valence-electron chi connectivity index (χ1n) is 8.75. The van der Waals surface area contributed by atoms with Crippen LogP contribution < -0.4 is 5.32 Å². The number of H-pyrrole nitrogens is 1. The Morgan fingerprint density at radius 2 is 1.50 bits per heavy atom. The fourth-order valence-corrected chi connectivity index (χ4v) is 3.15. The molecule has 1 aromatic heterocycles. The molecule has 4 aromatic rings. The quantitative estimate of drug-likeness (QED) is 0.518. The van der Waals surface area contributed by atoms with Crippen molar-refractivity contribution in [3.05, 3.63) is 96.2 Å². The van der Waals surface area contributed by atoms with Crippen LogP contribution in [0.4, 0.5) is 0 Å². The Hall–Kier alpha value is -3.33. The molecule has 0 aliphatic heterocycles. The van der Waals surface area contributed by atoms with Crippen LogP contribution in [-0.2, 0) is 0 Å². The summed E-state index contributed by atoms with van der Waals surface area (Å²) < 4.78 is 0. The molecule has 3 nitrogen and oxygen atoms in total. The van der Waals surface area contributed by atoms with E-state index in [1.165, 1.54) is 11.1 Å². The van der Waals surface area contributed by atoms with Gasteiger partial charge in [-0.15, -0.1) is 0 Å². The first-order valence-corrected chi connectivity index (χ1v) is 8.75. The molecular formula is C23H20N2O. The Bertz CT molecular complexity index is 1000. The minimum absolute atomic E-state index is 0.0706. The molecule has 0 aliphatic rings. The second-order valence-corrected chi connectivity index (χ2v) is 6.45. The summed E-state index contributed by atoms with van der Waals surface area (Å²) in [4.78, 5) is 15.7. The van der Waals surface area contributed by atoms with Crippen molar-refractivity contribution >= 4 is 16.8 Å². The predicted molar refractivity (Wildman–Crippen MR) is 106 cm³/mol. The summed E-state index contributed by atoms with van der Waals surface area (Å²) in [6.45, 7) is 2.00. The third-order valence-electron chi connectivity index (χ3n) is 4.64. The molecule has 0 spiro atoms. The highest BCUT2D eigenvalue weighted by Gasteiger charge is 2.13. The van der Waals surface area contributed by atoms with Crippen molar-refractivity contribution in [1.29, 1.82) is 0 Å². The van der Waals surface area contributed by atoms with Gasteiger partial charge in [0.1, 0.15) is 5.69 Å². The number of carbonyl (C=O) groups is 1. The zero-order chi connectivity index (χ0) is 17.9. The molecule has 0 bridgehead atoms. The van der Waals surface area contributed by atoms with Crippen molar-refractivity contribution in [3.8, 4) is 11.1 Å². The molecule has 3 aromatic carbocycles. The topological polar surface area (TPSA) is 44.9 Å². The summed E-state index contributed by atoms with van der Waals surface area (Å²) in [6, 6.07) is 28.3. The SMILES string of the molecule is CC(NC(=O)c1cc2ccccc2[nH]1)c1ccc(-c2ccccc2)cc1. The van der Waals surface area contributed by atoms with E-state index >= 15 is 0 Å². The van der Waals surface area contributed by atoms with Crippen LogP contribution in [0.1, 0.15) is 29.0 Å². The van der Waals surface area contributed by atoms with Crippen LogP contribution in [0.15, 0.2) is 84.9 Å². The first kappa shape index (κ1) is 16.2. The highest BCUT2D eigenvalue weighted by molar-refractivity contribution is 5.98. The molecule has 4 rings (SSSR count). The number of aromatic nitrogens is 1. The Balaban J connectivity index is 1.49. The first-order chi connectivity index (χ1) is 12.7. The van der Waals surface area contributed by atoms with Gasteiger partial charge in [0.05, 0.1) is 6.04 Å². The second kappa shape index (κ2) is 6.89. The maximum atomic E-state index is 12.5. The van der Waals surface area contributed by atoms with Crippen LogP contribution in [-0.4, -0.2) is 10.9 Å². The molecule has 0 aliphatic carbocycles. The molecule has 26 heavy (non-hydrogen) atoms. The van der Waals surface area contributed by atoms with Crippen molar-refractivity contribution in [1.82, 2.24) is 10.3 Å². The maximum Gasteiger partial charge on any atom is 0.268 e. The normalized spacial score (nSPS) is 12.0. The summed E-state index contributed by atoms with van der Waals surface area (Å²) in [5.74, 6) is -0.0964. The summed E-state index contributed by atoms with van der Waals surface area (Å²) in [7, 11) is 0. The number of benzene rings is 3. The molecular weight excluding hydrogens is 320 g/mol. The second-order valence-electron chi connectivity index (χ2n) is 6.45. The van der Waals surface area contributed by atoms with Crippen molar-refractivity contribution in [2.75, 3.05) is 0 Å². The molecule has 2 N–H and O–H groups in total. The summed E-state index contributed by atoms with van der Waals surface area (Å²) in [5.41, 5.74) is 4.99. The number of hydrogen-bond acceptors (Lipinski definition) is 1. The average molecular weight is 340 g/mol. The van der Waals surface area contributed by atoms with Gasteiger partial charge >= 0.3 is 0 Å². The van der Waals surface area contributed by atoms with Gasteiger partial charge in [-0.05, 0) is 35.7 Å². The van der Waals surface area contributed by atoms with Crippen LogP contribution >= 0.6 is 0 Å². The molecule has 3 heteroatoms. The van der Waals surface area contributed by atoms with Crippen molar-refractivity contribution < 1.29 is 4.79 Å². The number of hydrogen-bond donors (Lipinski definition) is 2. The molecule has 0 radical (unpaired) electrons. The lowest BCUT2D eigenvalue weighted by atomic mass is 10.0. The van der Waals surface area contributed by atoms with E-state index in [1.54, 1.807) is 0 Å². The van der Waals surface area contributed by atoms with Crippen molar-refractivity contribution in [2.24, 2.45) is 0 Å². The fraction of sp³-hybridized carbons (Fsp3) is 0.0870. The molecule has 1 amide bonds. The molecule has 1 heterocycles. The summed E-state index contributed by atoms with van der Waals surface area (Å²) in [6.07, 6.45) is 0. The number of amides is 1. The summed E-state index contributed by atoms with van der Waals surface area (Å²) >= 11 is 0. The van der Waals surface area contributed by atoms with E-state index in [4.69, 9.17) is 0 Å². The Labute approximate surface area is 152 Å². The number of para-hydroxylation sites is 1. The lowest BCUT2D eigenvalue weighted by molar-refractivity contribution is 0.0935. The predicted octanol–water partition coefficient (Wildman–Crippen LogP) is 5.33. The van der Waals surface area contributed by atoms with Gasteiger partial charge in [0.15, 0.2) is 0 Å². The zero-order valence-corrected chi connectivity index (χ0v) is 14.6. The van der Waals surface area contributed by atoms with Gasteiger partial charge in [-0.2, -0.15) is 0 Å². The number of rotatable bonds is 4. The van der Waals surface area contributed by atoms with E-state index < -0.39 is 0 Å². The lowest BCUT2D eigenvalue weighted by Gasteiger charge is -2.14. The van der Waals surface area contributed by atoms with E-state index in [1.807, 2.05) is 55.5 Å². The molecule has 0 fully saturated rings.